The molecule has 0 spiro atoms. The first kappa shape index (κ1) is 12.4. The molecule has 19 heavy (non-hydrogen) atoms. The van der Waals surface area contributed by atoms with E-state index in [4.69, 9.17) is 4.74 Å². The van der Waals surface area contributed by atoms with Gasteiger partial charge in [0.05, 0.1) is 19.3 Å². The number of anilines is 1. The first-order valence-corrected chi connectivity index (χ1v) is 6.87. The molecule has 1 atom stereocenters. The van der Waals surface area contributed by atoms with Crippen LogP contribution in [0, 0.1) is 0 Å². The summed E-state index contributed by atoms with van der Waals surface area (Å²) in [5.41, 5.74) is 0.992. The van der Waals surface area contributed by atoms with E-state index < -0.39 is 0 Å². The van der Waals surface area contributed by atoms with Crippen molar-refractivity contribution < 1.29 is 4.74 Å². The van der Waals surface area contributed by atoms with E-state index in [1.54, 1.807) is 0 Å². The Morgan fingerprint density at radius 3 is 3.32 bits per heavy atom. The summed E-state index contributed by atoms with van der Waals surface area (Å²) < 4.78 is 7.76. The molecule has 2 aromatic rings. The van der Waals surface area contributed by atoms with E-state index in [2.05, 4.69) is 38.7 Å². The van der Waals surface area contributed by atoms with Gasteiger partial charge in [0, 0.05) is 25.5 Å². The van der Waals surface area contributed by atoms with Crippen molar-refractivity contribution in [3.63, 3.8) is 0 Å². The van der Waals surface area contributed by atoms with Gasteiger partial charge in [-0.3, -0.25) is 4.40 Å². The molecule has 0 radical (unpaired) electrons. The van der Waals surface area contributed by atoms with Crippen LogP contribution in [0.5, 0.6) is 0 Å². The maximum Gasteiger partial charge on any atom is 0.138 e. The molecular weight excluding hydrogens is 240 g/mol. The van der Waals surface area contributed by atoms with Crippen molar-refractivity contribution in [2.75, 3.05) is 37.7 Å². The van der Waals surface area contributed by atoms with Crippen LogP contribution >= 0.6 is 0 Å². The number of pyridine rings is 1. The fraction of sp³-hybridized carbons (Fsp3) is 0.500. The summed E-state index contributed by atoms with van der Waals surface area (Å²) in [5, 5.41) is 3.41. The first-order valence-electron chi connectivity index (χ1n) is 6.87. The number of aromatic nitrogens is 2. The molecule has 1 N–H and O–H groups in total. The Balaban J connectivity index is 1.91. The summed E-state index contributed by atoms with van der Waals surface area (Å²) >= 11 is 0. The highest BCUT2D eigenvalue weighted by Crippen LogP contribution is 2.20. The Kier molecular flexibility index (Phi) is 3.66. The summed E-state index contributed by atoms with van der Waals surface area (Å²) in [5.74, 6) is 1.20. The number of likely N-dealkylation sites (N-methyl/N-ethyl adjacent to an activating group) is 1. The highest BCUT2D eigenvalue weighted by atomic mass is 16.5. The van der Waals surface area contributed by atoms with Crippen LogP contribution in [0.15, 0.2) is 30.6 Å². The molecule has 5 nitrogen and oxygen atoms in total. The Morgan fingerprint density at radius 2 is 2.42 bits per heavy atom. The van der Waals surface area contributed by atoms with Crippen LogP contribution in [-0.4, -0.2) is 48.3 Å². The molecule has 0 bridgehead atoms. The third kappa shape index (κ3) is 2.43. The number of morpholine rings is 1. The van der Waals surface area contributed by atoms with Crippen molar-refractivity contribution in [2.24, 2.45) is 0 Å². The van der Waals surface area contributed by atoms with Crippen LogP contribution in [0.2, 0.25) is 0 Å². The highest BCUT2D eigenvalue weighted by molar-refractivity contribution is 5.52. The van der Waals surface area contributed by atoms with Crippen molar-refractivity contribution in [2.45, 2.75) is 13.0 Å². The van der Waals surface area contributed by atoms with E-state index in [0.29, 0.717) is 6.04 Å². The molecule has 1 aliphatic heterocycles. The minimum Gasteiger partial charge on any atom is -0.377 e. The van der Waals surface area contributed by atoms with Gasteiger partial charge in [-0.05, 0) is 18.7 Å². The van der Waals surface area contributed by atoms with E-state index >= 15 is 0 Å². The van der Waals surface area contributed by atoms with Gasteiger partial charge < -0.3 is 15.0 Å². The Morgan fingerprint density at radius 1 is 1.47 bits per heavy atom. The Bertz CT molecular complexity index is 539. The smallest absolute Gasteiger partial charge is 0.138 e. The second kappa shape index (κ2) is 5.59. The highest BCUT2D eigenvalue weighted by Gasteiger charge is 2.24. The van der Waals surface area contributed by atoms with E-state index in [0.717, 1.165) is 38.5 Å². The summed E-state index contributed by atoms with van der Waals surface area (Å²) in [4.78, 5) is 6.77. The molecule has 102 valence electrons. The van der Waals surface area contributed by atoms with E-state index in [9.17, 15) is 0 Å². The summed E-state index contributed by atoms with van der Waals surface area (Å²) in [6, 6.07) is 6.63. The lowest BCUT2D eigenvalue weighted by Gasteiger charge is -2.37. The van der Waals surface area contributed by atoms with E-state index in [1.165, 1.54) is 5.82 Å². The SMILES string of the molecule is CCNCC1COCCN1c1cccc2nccn12. The topological polar surface area (TPSA) is 41.8 Å². The molecule has 0 aromatic carbocycles. The number of nitrogens with zero attached hydrogens (tertiary/aromatic N) is 3. The van der Waals surface area contributed by atoms with Gasteiger partial charge in [0.25, 0.3) is 0 Å². The largest absolute Gasteiger partial charge is 0.377 e. The van der Waals surface area contributed by atoms with Gasteiger partial charge in [-0.1, -0.05) is 13.0 Å². The lowest BCUT2D eigenvalue weighted by Crippen LogP contribution is -2.51. The molecule has 1 unspecified atom stereocenters. The zero-order valence-electron chi connectivity index (χ0n) is 11.2. The number of rotatable bonds is 4. The number of hydrogen-bond donors (Lipinski definition) is 1. The fourth-order valence-electron chi connectivity index (χ4n) is 2.60. The van der Waals surface area contributed by atoms with Gasteiger partial charge in [-0.25, -0.2) is 4.98 Å². The van der Waals surface area contributed by atoms with Crippen molar-refractivity contribution in [3.8, 4) is 0 Å². The second-order valence-corrected chi connectivity index (χ2v) is 4.77. The summed E-state index contributed by atoms with van der Waals surface area (Å²) in [7, 11) is 0. The third-order valence-corrected chi connectivity index (χ3v) is 3.56. The minimum atomic E-state index is 0.377. The quantitative estimate of drug-likeness (QED) is 0.895. The van der Waals surface area contributed by atoms with Gasteiger partial charge >= 0.3 is 0 Å². The monoisotopic (exact) mass is 260 g/mol. The zero-order valence-corrected chi connectivity index (χ0v) is 11.2. The van der Waals surface area contributed by atoms with Gasteiger partial charge in [0.2, 0.25) is 0 Å². The number of hydrogen-bond acceptors (Lipinski definition) is 4. The molecule has 3 heterocycles. The predicted molar refractivity (Wildman–Crippen MR) is 75.7 cm³/mol. The number of ether oxygens (including phenoxy) is 1. The van der Waals surface area contributed by atoms with Crippen molar-refractivity contribution in [1.82, 2.24) is 14.7 Å². The van der Waals surface area contributed by atoms with Gasteiger partial charge in [-0.15, -0.1) is 0 Å². The van der Waals surface area contributed by atoms with Crippen LogP contribution in [-0.2, 0) is 4.74 Å². The van der Waals surface area contributed by atoms with Gasteiger partial charge in [0.15, 0.2) is 0 Å². The first-order chi connectivity index (χ1) is 9.40. The average Bonchev–Trinajstić information content (AvgIpc) is 2.94. The van der Waals surface area contributed by atoms with Crippen molar-refractivity contribution >= 4 is 11.5 Å². The average molecular weight is 260 g/mol. The minimum absolute atomic E-state index is 0.377. The molecule has 0 aliphatic carbocycles. The fourth-order valence-corrected chi connectivity index (χ4v) is 2.60. The normalized spacial score (nSPS) is 20.1. The predicted octanol–water partition coefficient (Wildman–Crippen LogP) is 1.15. The molecule has 1 saturated heterocycles. The Labute approximate surface area is 113 Å². The van der Waals surface area contributed by atoms with Crippen LogP contribution < -0.4 is 10.2 Å². The van der Waals surface area contributed by atoms with Crippen molar-refractivity contribution in [3.05, 3.63) is 30.6 Å². The molecular formula is C14H20N4O. The van der Waals surface area contributed by atoms with Gasteiger partial charge in [-0.2, -0.15) is 0 Å². The molecule has 1 fully saturated rings. The molecule has 5 heteroatoms. The Hall–Kier alpha value is -1.59. The zero-order chi connectivity index (χ0) is 13.1. The van der Waals surface area contributed by atoms with Crippen LogP contribution in [0.3, 0.4) is 0 Å². The summed E-state index contributed by atoms with van der Waals surface area (Å²) in [6.07, 6.45) is 3.86. The van der Waals surface area contributed by atoms with Gasteiger partial charge in [0.1, 0.15) is 11.5 Å². The van der Waals surface area contributed by atoms with E-state index in [-0.39, 0.29) is 0 Å². The third-order valence-electron chi connectivity index (χ3n) is 3.56. The number of fused-ring (bicyclic) bond motifs is 1. The molecule has 2 aromatic heterocycles. The maximum absolute atomic E-state index is 5.62. The maximum atomic E-state index is 5.62. The molecule has 1 aliphatic rings. The second-order valence-electron chi connectivity index (χ2n) is 4.77. The molecule has 0 amide bonds. The van der Waals surface area contributed by atoms with Crippen molar-refractivity contribution in [1.29, 1.82) is 0 Å². The number of imidazole rings is 1. The lowest BCUT2D eigenvalue weighted by atomic mass is 10.2. The van der Waals surface area contributed by atoms with Crippen LogP contribution in [0.25, 0.3) is 5.65 Å². The molecule has 3 rings (SSSR count). The standard InChI is InChI=1S/C14H20N4O/c1-2-15-10-12-11-19-9-8-17(12)14-5-3-4-13-16-6-7-18(13)14/h3-7,12,15H,2,8-11H2,1H3. The number of nitrogens with one attached hydrogen (secondary N) is 1. The molecule has 0 saturated carbocycles. The summed E-state index contributed by atoms with van der Waals surface area (Å²) in [6.45, 7) is 6.55. The lowest BCUT2D eigenvalue weighted by molar-refractivity contribution is 0.0934. The van der Waals surface area contributed by atoms with Crippen LogP contribution in [0.4, 0.5) is 5.82 Å². The van der Waals surface area contributed by atoms with E-state index in [1.807, 2.05) is 18.5 Å². The van der Waals surface area contributed by atoms with Crippen LogP contribution in [0.1, 0.15) is 6.92 Å².